The predicted molar refractivity (Wildman–Crippen MR) is 66.7 cm³/mol. The molecule has 1 heterocycles. The molecule has 4 heteroatoms. The molecule has 1 aromatic carbocycles. The van der Waals surface area contributed by atoms with Crippen molar-refractivity contribution in [3.8, 4) is 5.75 Å². The number of carboxylic acids is 1. The molecular weight excluding hydrogens is 232 g/mol. The highest BCUT2D eigenvalue weighted by Crippen LogP contribution is 2.36. The first kappa shape index (κ1) is 12.9. The van der Waals surface area contributed by atoms with Crippen LogP contribution in [0.4, 0.5) is 0 Å². The largest absolute Gasteiger partial charge is 0.487 e. The molecule has 4 nitrogen and oxygen atoms in total. The average Bonchev–Trinajstić information content (AvgIpc) is 2.58. The lowest BCUT2D eigenvalue weighted by molar-refractivity contribution is -0.137. The second-order valence-electron chi connectivity index (χ2n) is 5.35. The number of ether oxygens (including phenoxy) is 1. The van der Waals surface area contributed by atoms with Gasteiger partial charge in [-0.1, -0.05) is 6.07 Å². The molecule has 2 rings (SSSR count). The van der Waals surface area contributed by atoms with Crippen molar-refractivity contribution in [1.82, 2.24) is 0 Å². The minimum Gasteiger partial charge on any atom is -0.487 e. The first-order valence-electron chi connectivity index (χ1n) is 6.09. The Balaban J connectivity index is 2.11. The summed E-state index contributed by atoms with van der Waals surface area (Å²) in [4.78, 5) is 10.5. The molecule has 0 saturated heterocycles. The average molecular weight is 250 g/mol. The Morgan fingerprint density at radius 2 is 2.22 bits per heavy atom. The second-order valence-corrected chi connectivity index (χ2v) is 5.35. The van der Waals surface area contributed by atoms with Crippen LogP contribution in [0.3, 0.4) is 0 Å². The topological polar surface area (TPSA) is 66.8 Å². The van der Waals surface area contributed by atoms with E-state index in [1.165, 1.54) is 0 Å². The van der Waals surface area contributed by atoms with Gasteiger partial charge in [0.2, 0.25) is 0 Å². The quantitative estimate of drug-likeness (QED) is 0.860. The van der Waals surface area contributed by atoms with Gasteiger partial charge in [-0.15, -0.1) is 0 Å². The fraction of sp³-hybridized carbons (Fsp3) is 0.500. The van der Waals surface area contributed by atoms with Crippen LogP contribution in [-0.4, -0.2) is 21.8 Å². The number of carbonyl (C=O) groups is 1. The molecule has 1 aliphatic heterocycles. The van der Waals surface area contributed by atoms with Gasteiger partial charge in [0.25, 0.3) is 0 Å². The van der Waals surface area contributed by atoms with Crippen molar-refractivity contribution in [3.05, 3.63) is 29.3 Å². The Labute approximate surface area is 106 Å². The fourth-order valence-corrected chi connectivity index (χ4v) is 2.26. The maximum absolute atomic E-state index is 10.5. The minimum atomic E-state index is -0.889. The van der Waals surface area contributed by atoms with Crippen molar-refractivity contribution in [2.75, 3.05) is 0 Å². The van der Waals surface area contributed by atoms with Gasteiger partial charge in [0.05, 0.1) is 6.10 Å². The standard InChI is InChI=1S/C14H18O4/c1-14(2)8-10-7-9(3-5-12(10)18-14)11(15)4-6-13(16)17/h3,5,7,11,15H,4,6,8H2,1-2H3,(H,16,17)/t11-/m0/s1. The molecule has 0 amide bonds. The molecule has 0 bridgehead atoms. The summed E-state index contributed by atoms with van der Waals surface area (Å²) >= 11 is 0. The number of hydrogen-bond donors (Lipinski definition) is 2. The lowest BCUT2D eigenvalue weighted by atomic mass is 9.97. The van der Waals surface area contributed by atoms with Crippen LogP contribution in [0.5, 0.6) is 5.75 Å². The van der Waals surface area contributed by atoms with Crippen LogP contribution in [0, 0.1) is 0 Å². The molecule has 0 radical (unpaired) electrons. The lowest BCUT2D eigenvalue weighted by Crippen LogP contribution is -2.24. The zero-order valence-electron chi connectivity index (χ0n) is 10.6. The molecule has 0 fully saturated rings. The van der Waals surface area contributed by atoms with Crippen molar-refractivity contribution in [2.24, 2.45) is 0 Å². The fourth-order valence-electron chi connectivity index (χ4n) is 2.26. The van der Waals surface area contributed by atoms with E-state index in [1.807, 2.05) is 26.0 Å². The molecule has 0 spiro atoms. The number of aliphatic hydroxyl groups is 1. The van der Waals surface area contributed by atoms with E-state index in [1.54, 1.807) is 6.07 Å². The summed E-state index contributed by atoms with van der Waals surface area (Å²) in [6, 6.07) is 5.56. The van der Waals surface area contributed by atoms with Gasteiger partial charge in [-0.25, -0.2) is 0 Å². The first-order chi connectivity index (χ1) is 8.37. The predicted octanol–water partition coefficient (Wildman–Crippen LogP) is 2.30. The zero-order valence-corrected chi connectivity index (χ0v) is 10.6. The monoisotopic (exact) mass is 250 g/mol. The molecule has 1 atom stereocenters. The molecule has 0 aliphatic carbocycles. The van der Waals surface area contributed by atoms with Crippen LogP contribution < -0.4 is 4.74 Å². The summed E-state index contributed by atoms with van der Waals surface area (Å²) in [6.07, 6.45) is 0.288. The number of aliphatic carboxylic acids is 1. The Bertz CT molecular complexity index is 465. The minimum absolute atomic E-state index is 0.0275. The second kappa shape index (κ2) is 4.61. The first-order valence-corrected chi connectivity index (χ1v) is 6.09. The summed E-state index contributed by atoms with van der Waals surface area (Å²) in [7, 11) is 0. The van der Waals surface area contributed by atoms with Gasteiger partial charge in [-0.05, 0) is 43.5 Å². The van der Waals surface area contributed by atoms with Gasteiger partial charge in [-0.3, -0.25) is 4.79 Å². The molecule has 0 aromatic heterocycles. The van der Waals surface area contributed by atoms with E-state index in [0.29, 0.717) is 0 Å². The Hall–Kier alpha value is -1.55. The highest BCUT2D eigenvalue weighted by atomic mass is 16.5. The molecule has 0 saturated carbocycles. The lowest BCUT2D eigenvalue weighted by Gasteiger charge is -2.16. The van der Waals surface area contributed by atoms with Crippen LogP contribution in [0.15, 0.2) is 18.2 Å². The molecule has 2 N–H and O–H groups in total. The van der Waals surface area contributed by atoms with Crippen molar-refractivity contribution in [2.45, 2.75) is 44.8 Å². The smallest absolute Gasteiger partial charge is 0.303 e. The van der Waals surface area contributed by atoms with Gasteiger partial charge >= 0.3 is 5.97 Å². The number of hydrogen-bond acceptors (Lipinski definition) is 3. The van der Waals surface area contributed by atoms with Gasteiger partial charge in [-0.2, -0.15) is 0 Å². The maximum Gasteiger partial charge on any atom is 0.303 e. The van der Waals surface area contributed by atoms with E-state index in [9.17, 15) is 9.90 Å². The SMILES string of the molecule is CC1(C)Cc2cc([C@@H](O)CCC(=O)O)ccc2O1. The summed E-state index contributed by atoms with van der Waals surface area (Å²) in [6.45, 7) is 4.04. The molecule has 1 aromatic rings. The third-order valence-electron chi connectivity index (χ3n) is 3.10. The Morgan fingerprint density at radius 1 is 1.50 bits per heavy atom. The van der Waals surface area contributed by atoms with Crippen LogP contribution >= 0.6 is 0 Å². The molecule has 18 heavy (non-hydrogen) atoms. The maximum atomic E-state index is 10.5. The highest BCUT2D eigenvalue weighted by Gasteiger charge is 2.30. The summed E-state index contributed by atoms with van der Waals surface area (Å²) in [5.74, 6) is -0.0335. The van der Waals surface area contributed by atoms with E-state index in [4.69, 9.17) is 9.84 Å². The number of rotatable bonds is 4. The van der Waals surface area contributed by atoms with E-state index >= 15 is 0 Å². The van der Waals surface area contributed by atoms with E-state index < -0.39 is 12.1 Å². The Kier molecular flexibility index (Phi) is 3.30. The van der Waals surface area contributed by atoms with Crippen molar-refractivity contribution < 1.29 is 19.7 Å². The van der Waals surface area contributed by atoms with E-state index in [2.05, 4.69) is 0 Å². The van der Waals surface area contributed by atoms with Crippen molar-refractivity contribution >= 4 is 5.97 Å². The zero-order chi connectivity index (χ0) is 13.3. The van der Waals surface area contributed by atoms with Crippen LogP contribution in [0.1, 0.15) is 43.9 Å². The van der Waals surface area contributed by atoms with Crippen molar-refractivity contribution in [1.29, 1.82) is 0 Å². The van der Waals surface area contributed by atoms with Crippen LogP contribution in [-0.2, 0) is 11.2 Å². The van der Waals surface area contributed by atoms with Crippen LogP contribution in [0.2, 0.25) is 0 Å². The summed E-state index contributed by atoms with van der Waals surface area (Å²) < 4.78 is 5.75. The summed E-state index contributed by atoms with van der Waals surface area (Å²) in [5.41, 5.74) is 1.63. The van der Waals surface area contributed by atoms with E-state index in [-0.39, 0.29) is 18.4 Å². The molecular formula is C14H18O4. The van der Waals surface area contributed by atoms with Gasteiger partial charge in [0.1, 0.15) is 11.4 Å². The number of benzene rings is 1. The number of carboxylic acid groups (broad SMARTS) is 1. The molecule has 0 unspecified atom stereocenters. The third kappa shape index (κ3) is 2.82. The van der Waals surface area contributed by atoms with E-state index in [0.717, 1.165) is 23.3 Å². The van der Waals surface area contributed by atoms with Gasteiger partial charge in [0, 0.05) is 12.8 Å². The van der Waals surface area contributed by atoms with Crippen molar-refractivity contribution in [3.63, 3.8) is 0 Å². The normalized spacial score (nSPS) is 17.9. The Morgan fingerprint density at radius 3 is 2.89 bits per heavy atom. The highest BCUT2D eigenvalue weighted by molar-refractivity contribution is 5.66. The van der Waals surface area contributed by atoms with Gasteiger partial charge in [0.15, 0.2) is 0 Å². The number of fused-ring (bicyclic) bond motifs is 1. The third-order valence-corrected chi connectivity index (χ3v) is 3.10. The summed E-state index contributed by atoms with van der Waals surface area (Å²) in [5, 5.41) is 18.5. The van der Waals surface area contributed by atoms with Crippen LogP contribution in [0.25, 0.3) is 0 Å². The number of aliphatic hydroxyl groups excluding tert-OH is 1. The van der Waals surface area contributed by atoms with Gasteiger partial charge < -0.3 is 14.9 Å². The molecule has 1 aliphatic rings. The molecule has 98 valence electrons.